The Morgan fingerprint density at radius 3 is 2.68 bits per heavy atom. The quantitative estimate of drug-likeness (QED) is 0.240. The minimum absolute atomic E-state index is 0.0710. The van der Waals surface area contributed by atoms with Crippen LogP contribution in [0.5, 0.6) is 0 Å². The second-order valence-corrected chi connectivity index (χ2v) is 6.41. The summed E-state index contributed by atoms with van der Waals surface area (Å²) >= 11 is 0. The summed E-state index contributed by atoms with van der Waals surface area (Å²) in [5.74, 6) is -0.0710. The number of carbonyl (C=O) groups is 2. The van der Waals surface area contributed by atoms with E-state index in [1.165, 1.54) is 0 Å². The van der Waals surface area contributed by atoms with E-state index in [2.05, 4.69) is 22.2 Å². The predicted molar refractivity (Wildman–Crippen MR) is 97.6 cm³/mol. The van der Waals surface area contributed by atoms with Crippen LogP contribution in [0.1, 0.15) is 44.9 Å². The Morgan fingerprint density at radius 2 is 2.04 bits per heavy atom. The highest BCUT2D eigenvalue weighted by atomic mass is 16.2. The molecule has 0 aromatic heterocycles. The highest BCUT2D eigenvalue weighted by Gasteiger charge is 2.25. The first kappa shape index (κ1) is 21.1. The molecule has 8 nitrogen and oxygen atoms in total. The van der Waals surface area contributed by atoms with Gasteiger partial charge in [0.05, 0.1) is 5.70 Å². The molecule has 142 valence electrons. The van der Waals surface area contributed by atoms with Crippen molar-refractivity contribution in [2.24, 2.45) is 16.1 Å². The highest BCUT2D eigenvalue weighted by Crippen LogP contribution is 2.14. The van der Waals surface area contributed by atoms with Gasteiger partial charge >= 0.3 is 0 Å². The lowest BCUT2D eigenvalue weighted by Gasteiger charge is -2.30. The summed E-state index contributed by atoms with van der Waals surface area (Å²) in [6.45, 7) is 6.84. The van der Waals surface area contributed by atoms with E-state index in [4.69, 9.17) is 5.73 Å². The number of amides is 2. The molecule has 1 aliphatic heterocycles. The van der Waals surface area contributed by atoms with Crippen LogP contribution in [-0.4, -0.2) is 61.5 Å². The van der Waals surface area contributed by atoms with Crippen molar-refractivity contribution in [3.8, 4) is 0 Å². The summed E-state index contributed by atoms with van der Waals surface area (Å²) < 4.78 is 0. The number of carbonyl (C=O) groups excluding carboxylic acids is 2. The van der Waals surface area contributed by atoms with Gasteiger partial charge in [0.1, 0.15) is 6.04 Å². The number of hydrogen-bond acceptors (Lipinski definition) is 5. The Hall–Kier alpha value is -1.96. The molecule has 0 spiro atoms. The molecule has 1 fully saturated rings. The lowest BCUT2D eigenvalue weighted by Crippen LogP contribution is -2.48. The summed E-state index contributed by atoms with van der Waals surface area (Å²) in [6, 6.07) is -0.628. The number of nitrogens with one attached hydrogen (secondary N) is 1. The fraction of sp³-hybridized carbons (Fsp3) is 0.765. The van der Waals surface area contributed by atoms with E-state index in [0.29, 0.717) is 18.7 Å². The van der Waals surface area contributed by atoms with E-state index >= 15 is 0 Å². The van der Waals surface area contributed by atoms with Gasteiger partial charge < -0.3 is 16.0 Å². The maximum absolute atomic E-state index is 12.5. The molecule has 0 aromatic rings. The second-order valence-electron chi connectivity index (χ2n) is 6.41. The Labute approximate surface area is 150 Å². The molecule has 1 saturated heterocycles. The van der Waals surface area contributed by atoms with E-state index in [0.717, 1.165) is 58.2 Å². The topological polar surface area (TPSA) is 103 Å². The summed E-state index contributed by atoms with van der Waals surface area (Å²) in [4.78, 5) is 25.2. The first-order chi connectivity index (χ1) is 12.1. The molecule has 0 unspecified atom stereocenters. The van der Waals surface area contributed by atoms with Crippen molar-refractivity contribution in [1.29, 1.82) is 0 Å². The van der Waals surface area contributed by atoms with Crippen LogP contribution in [0.3, 0.4) is 0 Å². The van der Waals surface area contributed by atoms with Crippen molar-refractivity contribution < 1.29 is 9.59 Å². The van der Waals surface area contributed by atoms with Crippen LogP contribution >= 0.6 is 0 Å². The second kappa shape index (κ2) is 12.4. The molecule has 3 N–H and O–H groups in total. The van der Waals surface area contributed by atoms with E-state index in [9.17, 15) is 9.59 Å². The number of piperidine rings is 1. The Kier molecular flexibility index (Phi) is 10.5. The Bertz CT molecular complexity index is 448. The summed E-state index contributed by atoms with van der Waals surface area (Å²) in [5, 5.41) is 12.5. The fourth-order valence-corrected chi connectivity index (χ4v) is 2.76. The van der Waals surface area contributed by atoms with Crippen LogP contribution in [0.2, 0.25) is 0 Å². The van der Waals surface area contributed by atoms with Crippen LogP contribution in [0.4, 0.5) is 0 Å². The molecular weight excluding hydrogens is 320 g/mol. The van der Waals surface area contributed by atoms with E-state index < -0.39 is 6.04 Å². The molecule has 8 heteroatoms. The summed E-state index contributed by atoms with van der Waals surface area (Å²) in [6.07, 6.45) is 7.06. The van der Waals surface area contributed by atoms with Crippen molar-refractivity contribution in [3.63, 3.8) is 0 Å². The third kappa shape index (κ3) is 8.62. The van der Waals surface area contributed by atoms with Crippen molar-refractivity contribution in [2.45, 2.75) is 51.0 Å². The molecular formula is C17H32N6O2. The maximum atomic E-state index is 12.5. The minimum atomic E-state index is -0.628. The van der Waals surface area contributed by atoms with Crippen LogP contribution < -0.4 is 11.1 Å². The summed E-state index contributed by atoms with van der Waals surface area (Å²) in [5.41, 5.74) is 5.93. The number of rotatable bonds is 12. The molecule has 1 heterocycles. The number of likely N-dealkylation sites (tertiary alicyclic amines) is 1. The van der Waals surface area contributed by atoms with Gasteiger partial charge in [-0.1, -0.05) is 18.2 Å². The third-order valence-electron chi connectivity index (χ3n) is 4.20. The van der Waals surface area contributed by atoms with Gasteiger partial charge in [0.15, 0.2) is 0 Å². The lowest BCUT2D eigenvalue weighted by molar-refractivity contribution is -0.135. The molecule has 1 atom stereocenters. The Morgan fingerprint density at radius 1 is 1.32 bits per heavy atom. The van der Waals surface area contributed by atoms with Crippen LogP contribution in [0.25, 0.3) is 0 Å². The van der Waals surface area contributed by atoms with Gasteiger partial charge in [0.25, 0.3) is 0 Å². The molecule has 0 radical (unpaired) electrons. The van der Waals surface area contributed by atoms with E-state index in [1.54, 1.807) is 9.91 Å². The molecule has 1 aliphatic rings. The standard InChI is InChI=1S/C17H32N6O2/c1-15(20-21-22(2)10-6-3-5-9-18)13-16(19-14-24)17(25)23-11-7-4-8-12-23/h14,16H,1,3-13,18H2,2H3,(H,19,24)/t16-/m1/s1. The normalized spacial score (nSPS) is 15.8. The number of unbranched alkanes of at least 4 members (excludes halogenated alkanes) is 2. The monoisotopic (exact) mass is 352 g/mol. The molecule has 0 bridgehead atoms. The van der Waals surface area contributed by atoms with Gasteiger partial charge in [0.2, 0.25) is 12.3 Å². The van der Waals surface area contributed by atoms with Crippen LogP contribution in [0.15, 0.2) is 22.6 Å². The van der Waals surface area contributed by atoms with E-state index in [1.807, 2.05) is 7.05 Å². The largest absolute Gasteiger partial charge is 0.347 e. The molecule has 1 rings (SSSR count). The van der Waals surface area contributed by atoms with Gasteiger partial charge in [-0.05, 0) is 38.6 Å². The predicted octanol–water partition coefficient (Wildman–Crippen LogP) is 1.45. The zero-order valence-electron chi connectivity index (χ0n) is 15.3. The molecule has 2 amide bonds. The third-order valence-corrected chi connectivity index (χ3v) is 4.20. The van der Waals surface area contributed by atoms with Crippen LogP contribution in [0, 0.1) is 0 Å². The van der Waals surface area contributed by atoms with Crippen molar-refractivity contribution in [1.82, 2.24) is 15.2 Å². The van der Waals surface area contributed by atoms with E-state index in [-0.39, 0.29) is 12.3 Å². The number of nitrogens with two attached hydrogens (primary N) is 1. The minimum Gasteiger partial charge on any atom is -0.347 e. The average molecular weight is 352 g/mol. The van der Waals surface area contributed by atoms with Crippen molar-refractivity contribution >= 4 is 12.3 Å². The fourth-order valence-electron chi connectivity index (χ4n) is 2.76. The van der Waals surface area contributed by atoms with Gasteiger partial charge in [0, 0.05) is 33.1 Å². The smallest absolute Gasteiger partial charge is 0.245 e. The zero-order valence-corrected chi connectivity index (χ0v) is 15.3. The van der Waals surface area contributed by atoms with Crippen molar-refractivity contribution in [3.05, 3.63) is 12.3 Å². The molecule has 0 aromatic carbocycles. The molecule has 0 saturated carbocycles. The number of nitrogens with zero attached hydrogens (tertiary/aromatic N) is 4. The average Bonchev–Trinajstić information content (AvgIpc) is 2.63. The van der Waals surface area contributed by atoms with Gasteiger partial charge in [-0.25, -0.2) is 0 Å². The number of hydrogen-bond donors (Lipinski definition) is 2. The Balaban J connectivity index is 2.45. The maximum Gasteiger partial charge on any atom is 0.245 e. The van der Waals surface area contributed by atoms with Gasteiger partial charge in [-0.3, -0.25) is 14.6 Å². The van der Waals surface area contributed by atoms with Crippen molar-refractivity contribution in [2.75, 3.05) is 33.2 Å². The first-order valence-electron chi connectivity index (χ1n) is 9.07. The van der Waals surface area contributed by atoms with Gasteiger partial charge in [-0.2, -0.15) is 0 Å². The zero-order chi connectivity index (χ0) is 18.5. The molecule has 25 heavy (non-hydrogen) atoms. The highest BCUT2D eigenvalue weighted by molar-refractivity contribution is 5.84. The lowest BCUT2D eigenvalue weighted by atomic mass is 10.1. The summed E-state index contributed by atoms with van der Waals surface area (Å²) in [7, 11) is 1.85. The SMILES string of the molecule is C=C(C[C@@H](NC=O)C(=O)N1CCCCC1)N=NN(C)CCCCCN. The first-order valence-corrected chi connectivity index (χ1v) is 9.07. The van der Waals surface area contributed by atoms with Gasteiger partial charge in [-0.15, -0.1) is 5.11 Å². The van der Waals surface area contributed by atoms with Crippen LogP contribution in [-0.2, 0) is 9.59 Å². The molecule has 0 aliphatic carbocycles.